The van der Waals surface area contributed by atoms with E-state index in [4.69, 9.17) is 5.11 Å². The van der Waals surface area contributed by atoms with E-state index in [9.17, 15) is 0 Å². The predicted molar refractivity (Wildman–Crippen MR) is 66.1 cm³/mol. The van der Waals surface area contributed by atoms with Crippen LogP contribution in [0.25, 0.3) is 0 Å². The van der Waals surface area contributed by atoms with E-state index < -0.39 is 0 Å². The van der Waals surface area contributed by atoms with Gasteiger partial charge in [0.05, 0.1) is 0 Å². The molecule has 1 unspecified atom stereocenters. The molecular weight excluding hydrogens is 188 g/mol. The molecule has 0 aliphatic carbocycles. The molecule has 2 N–H and O–H groups in total. The zero-order valence-corrected chi connectivity index (χ0v) is 10.8. The Balaban J connectivity index is 3.81. The normalized spacial score (nSPS) is 13.8. The summed E-state index contributed by atoms with van der Waals surface area (Å²) in [4.78, 5) is 2.44. The van der Waals surface area contributed by atoms with Crippen LogP contribution in [0.15, 0.2) is 0 Å². The van der Waals surface area contributed by atoms with E-state index in [2.05, 4.69) is 37.9 Å². The van der Waals surface area contributed by atoms with Gasteiger partial charge in [0.15, 0.2) is 0 Å². The highest BCUT2D eigenvalue weighted by molar-refractivity contribution is 4.68. The predicted octanol–water partition coefficient (Wildman–Crippen LogP) is 1.32. The second-order valence-electron chi connectivity index (χ2n) is 4.58. The van der Waals surface area contributed by atoms with E-state index in [-0.39, 0.29) is 0 Å². The van der Waals surface area contributed by atoms with Gasteiger partial charge in [-0.25, -0.2) is 0 Å². The van der Waals surface area contributed by atoms with Crippen LogP contribution in [-0.4, -0.2) is 48.8 Å². The van der Waals surface area contributed by atoms with Gasteiger partial charge in [0.1, 0.15) is 0 Å². The minimum absolute atomic E-state index is 0.296. The monoisotopic (exact) mass is 216 g/mol. The maximum absolute atomic E-state index is 8.83. The molecule has 0 aromatic heterocycles. The molecule has 92 valence electrons. The van der Waals surface area contributed by atoms with Gasteiger partial charge in [0.25, 0.3) is 0 Å². The van der Waals surface area contributed by atoms with Crippen molar-refractivity contribution in [3.63, 3.8) is 0 Å². The first-order valence-electron chi connectivity index (χ1n) is 6.17. The molecule has 15 heavy (non-hydrogen) atoms. The van der Waals surface area contributed by atoms with Crippen LogP contribution in [0.4, 0.5) is 0 Å². The summed E-state index contributed by atoms with van der Waals surface area (Å²) in [5.74, 6) is 0.672. The number of hydrogen-bond donors (Lipinski definition) is 2. The minimum atomic E-state index is 0.296. The van der Waals surface area contributed by atoms with Crippen molar-refractivity contribution in [1.82, 2.24) is 10.2 Å². The molecule has 0 spiro atoms. The third-order valence-electron chi connectivity index (χ3n) is 2.62. The second-order valence-corrected chi connectivity index (χ2v) is 4.58. The summed E-state index contributed by atoms with van der Waals surface area (Å²) in [5.41, 5.74) is 0. The van der Waals surface area contributed by atoms with Crippen molar-refractivity contribution in [1.29, 1.82) is 0 Å². The third-order valence-corrected chi connectivity index (χ3v) is 2.62. The molecule has 3 heteroatoms. The number of nitrogens with one attached hydrogen (secondary N) is 1. The van der Waals surface area contributed by atoms with Crippen molar-refractivity contribution in [2.45, 2.75) is 40.2 Å². The number of nitrogens with zero attached hydrogens (tertiary/aromatic N) is 1. The maximum atomic E-state index is 8.83. The summed E-state index contributed by atoms with van der Waals surface area (Å²) >= 11 is 0. The fourth-order valence-electron chi connectivity index (χ4n) is 1.69. The lowest BCUT2D eigenvalue weighted by Crippen LogP contribution is -2.38. The second kappa shape index (κ2) is 9.13. The lowest BCUT2D eigenvalue weighted by Gasteiger charge is -2.29. The summed E-state index contributed by atoms with van der Waals surface area (Å²) < 4.78 is 0. The minimum Gasteiger partial charge on any atom is -0.396 e. The molecule has 0 heterocycles. The molecule has 0 radical (unpaired) electrons. The van der Waals surface area contributed by atoms with Gasteiger partial charge in [-0.3, -0.25) is 0 Å². The average molecular weight is 216 g/mol. The molecule has 1 atom stereocenters. The Labute approximate surface area is 94.9 Å². The van der Waals surface area contributed by atoms with Crippen molar-refractivity contribution in [2.75, 3.05) is 32.8 Å². The molecule has 0 aromatic rings. The third kappa shape index (κ3) is 7.77. The smallest absolute Gasteiger partial charge is 0.0443 e. The average Bonchev–Trinajstić information content (AvgIpc) is 2.20. The number of aliphatic hydroxyl groups is 1. The van der Waals surface area contributed by atoms with Crippen molar-refractivity contribution >= 4 is 0 Å². The van der Waals surface area contributed by atoms with Gasteiger partial charge in [-0.05, 0) is 39.3 Å². The Morgan fingerprint density at radius 3 is 2.40 bits per heavy atom. The van der Waals surface area contributed by atoms with Gasteiger partial charge in [-0.15, -0.1) is 0 Å². The first-order valence-corrected chi connectivity index (χ1v) is 6.17. The van der Waals surface area contributed by atoms with Crippen LogP contribution >= 0.6 is 0 Å². The lowest BCUT2D eigenvalue weighted by atomic mass is 10.1. The summed E-state index contributed by atoms with van der Waals surface area (Å²) in [6, 6.07) is 0.570. The highest BCUT2D eigenvalue weighted by Gasteiger charge is 2.12. The van der Waals surface area contributed by atoms with Gasteiger partial charge in [0.2, 0.25) is 0 Å². The molecule has 0 aliphatic rings. The first kappa shape index (κ1) is 14.9. The summed E-state index contributed by atoms with van der Waals surface area (Å²) in [7, 11) is 0. The Morgan fingerprint density at radius 1 is 1.27 bits per heavy atom. The van der Waals surface area contributed by atoms with Crippen molar-refractivity contribution in [2.24, 2.45) is 5.92 Å². The Kier molecular flexibility index (Phi) is 9.06. The first-order chi connectivity index (χ1) is 7.11. The Morgan fingerprint density at radius 2 is 1.93 bits per heavy atom. The molecule has 0 amide bonds. The SMILES string of the molecule is CCNCC(C)CN(CCCO)C(C)C. The van der Waals surface area contributed by atoms with Crippen LogP contribution < -0.4 is 5.32 Å². The van der Waals surface area contributed by atoms with E-state index in [0.717, 1.165) is 32.6 Å². The van der Waals surface area contributed by atoms with Crippen LogP contribution in [0.3, 0.4) is 0 Å². The standard InChI is InChI=1S/C12H28N2O/c1-5-13-9-12(4)10-14(11(2)3)7-6-8-15/h11-13,15H,5-10H2,1-4H3. The molecule has 0 rings (SSSR count). The van der Waals surface area contributed by atoms with Crippen LogP contribution in [0.5, 0.6) is 0 Å². The molecule has 0 fully saturated rings. The molecule has 0 aliphatic heterocycles. The van der Waals surface area contributed by atoms with Gasteiger partial charge in [0, 0.05) is 25.7 Å². The van der Waals surface area contributed by atoms with E-state index >= 15 is 0 Å². The fraction of sp³-hybridized carbons (Fsp3) is 1.00. The van der Waals surface area contributed by atoms with Gasteiger partial charge in [-0.2, -0.15) is 0 Å². The molecule has 3 nitrogen and oxygen atoms in total. The highest BCUT2D eigenvalue weighted by Crippen LogP contribution is 2.05. The lowest BCUT2D eigenvalue weighted by molar-refractivity contribution is 0.170. The summed E-state index contributed by atoms with van der Waals surface area (Å²) in [5, 5.41) is 12.2. The summed E-state index contributed by atoms with van der Waals surface area (Å²) in [6.45, 7) is 13.4. The highest BCUT2D eigenvalue weighted by atomic mass is 16.3. The quantitative estimate of drug-likeness (QED) is 0.610. The van der Waals surface area contributed by atoms with Crippen LogP contribution in [-0.2, 0) is 0 Å². The molecule has 0 saturated heterocycles. The van der Waals surface area contributed by atoms with Gasteiger partial charge < -0.3 is 15.3 Å². The largest absolute Gasteiger partial charge is 0.396 e. The van der Waals surface area contributed by atoms with Crippen molar-refractivity contribution in [3.05, 3.63) is 0 Å². The van der Waals surface area contributed by atoms with Gasteiger partial charge >= 0.3 is 0 Å². The van der Waals surface area contributed by atoms with E-state index in [1.54, 1.807) is 0 Å². The number of aliphatic hydroxyl groups excluding tert-OH is 1. The molecule has 0 bridgehead atoms. The van der Waals surface area contributed by atoms with Crippen molar-refractivity contribution in [3.8, 4) is 0 Å². The van der Waals surface area contributed by atoms with Crippen LogP contribution in [0.1, 0.15) is 34.1 Å². The van der Waals surface area contributed by atoms with E-state index in [1.165, 1.54) is 0 Å². The number of rotatable bonds is 9. The maximum Gasteiger partial charge on any atom is 0.0443 e. The number of hydrogen-bond acceptors (Lipinski definition) is 3. The molecule has 0 saturated carbocycles. The topological polar surface area (TPSA) is 35.5 Å². The van der Waals surface area contributed by atoms with Crippen LogP contribution in [0.2, 0.25) is 0 Å². The van der Waals surface area contributed by atoms with Crippen molar-refractivity contribution < 1.29 is 5.11 Å². The van der Waals surface area contributed by atoms with E-state index in [1.807, 2.05) is 0 Å². The zero-order valence-electron chi connectivity index (χ0n) is 10.8. The Bertz CT molecular complexity index is 140. The zero-order chi connectivity index (χ0) is 11.7. The molecule has 0 aromatic carbocycles. The molecular formula is C12H28N2O. The van der Waals surface area contributed by atoms with Gasteiger partial charge in [-0.1, -0.05) is 13.8 Å². The fourth-order valence-corrected chi connectivity index (χ4v) is 1.69. The van der Waals surface area contributed by atoms with E-state index in [0.29, 0.717) is 18.6 Å². The van der Waals surface area contributed by atoms with Crippen LogP contribution in [0, 0.1) is 5.92 Å². The Hall–Kier alpha value is -0.120. The summed E-state index contributed by atoms with van der Waals surface area (Å²) in [6.07, 6.45) is 0.881.